The summed E-state index contributed by atoms with van der Waals surface area (Å²) in [6, 6.07) is 11.2. The molecule has 42 heavy (non-hydrogen) atoms. The smallest absolute Gasteiger partial charge is 0.406 e. The molecule has 2 aliphatic heterocycles. The highest BCUT2D eigenvalue weighted by molar-refractivity contribution is 8.15. The van der Waals surface area contributed by atoms with Gasteiger partial charge in [-0.05, 0) is 72.9 Å². The molecule has 0 spiro atoms. The van der Waals surface area contributed by atoms with Crippen molar-refractivity contribution in [1.82, 2.24) is 0 Å². The Bertz CT molecular complexity index is 1590. The van der Waals surface area contributed by atoms with Crippen LogP contribution in [0.15, 0.2) is 98.0 Å². The van der Waals surface area contributed by atoms with Gasteiger partial charge in [0.15, 0.2) is 5.17 Å². The second-order valence-corrected chi connectivity index (χ2v) is 10.7. The van der Waals surface area contributed by atoms with Crippen molar-refractivity contribution < 1.29 is 22.7 Å². The topological polar surface area (TPSA) is 82.2 Å². The third-order valence-electron chi connectivity index (χ3n) is 6.69. The first-order valence-electron chi connectivity index (χ1n) is 12.9. The monoisotopic (exact) mass is 592 g/mol. The number of guanidine groups is 1. The second-order valence-electron chi connectivity index (χ2n) is 9.74. The zero-order chi connectivity index (χ0) is 30.0. The van der Waals surface area contributed by atoms with Crippen LogP contribution in [0.5, 0.6) is 5.75 Å². The number of para-hydroxylation sites is 1. The molecule has 2 aromatic rings. The molecule has 5 rings (SSSR count). The molecule has 8 nitrogen and oxygen atoms in total. The number of thioether (sulfide) groups is 1. The first kappa shape index (κ1) is 29.1. The maximum Gasteiger partial charge on any atom is 0.573 e. The average molecular weight is 593 g/mol. The molecule has 1 saturated heterocycles. The molecule has 1 aliphatic carbocycles. The quantitative estimate of drug-likeness (QED) is 0.288. The van der Waals surface area contributed by atoms with E-state index < -0.39 is 6.36 Å². The molecule has 0 bridgehead atoms. The van der Waals surface area contributed by atoms with Crippen LogP contribution in [0.4, 0.5) is 24.5 Å². The van der Waals surface area contributed by atoms with Gasteiger partial charge >= 0.3 is 6.36 Å². The molecule has 0 aromatic heterocycles. The van der Waals surface area contributed by atoms with Crippen LogP contribution in [0.25, 0.3) is 0 Å². The molecule has 0 radical (unpaired) electrons. The van der Waals surface area contributed by atoms with Crippen molar-refractivity contribution in [3.05, 3.63) is 89.2 Å². The van der Waals surface area contributed by atoms with Gasteiger partial charge in [-0.25, -0.2) is 15.0 Å². The van der Waals surface area contributed by atoms with E-state index in [9.17, 15) is 18.0 Å². The lowest BCUT2D eigenvalue weighted by molar-refractivity contribution is -0.274. The largest absolute Gasteiger partial charge is 0.573 e. The molecule has 12 heteroatoms. The number of hydrogen-bond acceptors (Lipinski definition) is 7. The Morgan fingerprint density at radius 2 is 1.90 bits per heavy atom. The van der Waals surface area contributed by atoms with E-state index in [-0.39, 0.29) is 17.7 Å². The number of halogens is 3. The van der Waals surface area contributed by atoms with Gasteiger partial charge in [-0.15, -0.1) is 13.2 Å². The van der Waals surface area contributed by atoms with Crippen molar-refractivity contribution in [3.8, 4) is 5.75 Å². The van der Waals surface area contributed by atoms with E-state index in [0.717, 1.165) is 28.0 Å². The van der Waals surface area contributed by atoms with E-state index in [0.29, 0.717) is 34.7 Å². The molecule has 2 aromatic carbocycles. The number of aliphatic imine (C=N–C) groups is 4. The van der Waals surface area contributed by atoms with Crippen LogP contribution in [-0.2, 0) is 4.79 Å². The minimum atomic E-state index is -4.74. The number of ether oxygens (including phenoxy) is 1. The summed E-state index contributed by atoms with van der Waals surface area (Å²) >= 11 is 1.37. The highest BCUT2D eigenvalue weighted by Crippen LogP contribution is 2.33. The van der Waals surface area contributed by atoms with Crippen molar-refractivity contribution in [2.24, 2.45) is 20.0 Å². The van der Waals surface area contributed by atoms with Gasteiger partial charge in [-0.2, -0.15) is 4.99 Å². The van der Waals surface area contributed by atoms with Crippen molar-refractivity contribution in [3.63, 3.8) is 0 Å². The lowest BCUT2D eigenvalue weighted by Crippen LogP contribution is -2.31. The zero-order valence-electron chi connectivity index (χ0n) is 23.1. The number of fused-ring (bicyclic) bond motifs is 1. The molecular weight excluding hydrogens is 565 g/mol. The van der Waals surface area contributed by atoms with Crippen molar-refractivity contribution in [2.75, 3.05) is 22.6 Å². The maximum absolute atomic E-state index is 12.8. The minimum Gasteiger partial charge on any atom is -0.406 e. The van der Waals surface area contributed by atoms with Gasteiger partial charge in [-0.1, -0.05) is 42.6 Å². The van der Waals surface area contributed by atoms with Gasteiger partial charge in [-0.3, -0.25) is 9.69 Å². The fourth-order valence-corrected chi connectivity index (χ4v) is 5.46. The minimum absolute atomic E-state index is 0.0282. The number of benzene rings is 2. The molecule has 1 atom stereocenters. The third-order valence-corrected chi connectivity index (χ3v) is 7.61. The number of allylic oxidation sites excluding steroid dienone is 1. The first-order chi connectivity index (χ1) is 20.0. The number of carbonyl (C=O) groups excluding carboxylic acids is 1. The number of nitrogens with zero attached hydrogens (tertiary/aromatic N) is 6. The van der Waals surface area contributed by atoms with Crippen LogP contribution in [-0.4, -0.2) is 54.8 Å². The Kier molecular flexibility index (Phi) is 8.17. The summed E-state index contributed by atoms with van der Waals surface area (Å²) in [5.41, 5.74) is 5.67. The van der Waals surface area contributed by atoms with Gasteiger partial charge in [0.1, 0.15) is 5.75 Å². The number of alkyl halides is 3. The lowest BCUT2D eigenvalue weighted by atomic mass is 9.94. The normalized spacial score (nSPS) is 19.5. The Balaban J connectivity index is 1.24. The van der Waals surface area contributed by atoms with E-state index in [2.05, 4.69) is 26.3 Å². The third kappa shape index (κ3) is 6.54. The molecular formula is C30H27F3N6O2S. The van der Waals surface area contributed by atoms with E-state index >= 15 is 0 Å². The fraction of sp³-hybridized carbons (Fsp3) is 0.233. The van der Waals surface area contributed by atoms with E-state index in [4.69, 9.17) is 4.99 Å². The molecule has 1 unspecified atom stereocenters. The number of amides is 1. The second kappa shape index (κ2) is 11.8. The van der Waals surface area contributed by atoms with Crippen LogP contribution in [0.3, 0.4) is 0 Å². The molecule has 1 amide bonds. The van der Waals surface area contributed by atoms with E-state index in [1.165, 1.54) is 42.4 Å². The van der Waals surface area contributed by atoms with Crippen molar-refractivity contribution >= 4 is 52.7 Å². The number of anilines is 2. The van der Waals surface area contributed by atoms with E-state index in [1.54, 1.807) is 23.1 Å². The summed E-state index contributed by atoms with van der Waals surface area (Å²) < 4.78 is 41.1. The highest BCUT2D eigenvalue weighted by atomic mass is 32.2. The molecule has 2 heterocycles. The number of aryl methyl sites for hydroxylation is 2. The first-order valence-corrected chi connectivity index (χ1v) is 13.9. The number of amidine groups is 1. The van der Waals surface area contributed by atoms with Crippen molar-refractivity contribution in [2.45, 2.75) is 32.7 Å². The van der Waals surface area contributed by atoms with Crippen LogP contribution in [0.2, 0.25) is 0 Å². The molecule has 1 fully saturated rings. The van der Waals surface area contributed by atoms with Gasteiger partial charge in [0.25, 0.3) is 0 Å². The molecule has 3 aliphatic rings. The predicted molar refractivity (Wildman–Crippen MR) is 163 cm³/mol. The van der Waals surface area contributed by atoms with Gasteiger partial charge in [0.2, 0.25) is 11.9 Å². The number of hydrogen-bond donors (Lipinski definition) is 0. The highest BCUT2D eigenvalue weighted by Gasteiger charge is 2.33. The molecule has 216 valence electrons. The zero-order valence-corrected chi connectivity index (χ0v) is 23.9. The average Bonchev–Trinajstić information content (AvgIpc) is 3.29. The van der Waals surface area contributed by atoms with Crippen LogP contribution < -0.4 is 14.5 Å². The molecule has 0 saturated carbocycles. The van der Waals surface area contributed by atoms with Crippen LogP contribution in [0.1, 0.15) is 17.5 Å². The molecule has 0 N–H and O–H groups in total. The Morgan fingerprint density at radius 3 is 2.60 bits per heavy atom. The van der Waals surface area contributed by atoms with Crippen LogP contribution >= 0.6 is 11.8 Å². The Labute approximate surface area is 245 Å². The summed E-state index contributed by atoms with van der Waals surface area (Å²) in [5, 5.41) is 0.558. The maximum atomic E-state index is 12.8. The summed E-state index contributed by atoms with van der Waals surface area (Å²) in [4.78, 5) is 34.3. The Morgan fingerprint density at radius 1 is 1.19 bits per heavy atom. The fourth-order valence-electron chi connectivity index (χ4n) is 4.61. The summed E-state index contributed by atoms with van der Waals surface area (Å²) in [6.07, 6.45) is 3.03. The SMILES string of the molecule is C=C(N=CN(C)c1ccc(OC(F)(F)F)cc1)C1=CCC2N=C(N=C3SCC(=O)N3c3c(C)cccc3C)N=CC2=C1. The summed E-state index contributed by atoms with van der Waals surface area (Å²) in [5.74, 6) is 0.294. The van der Waals surface area contributed by atoms with E-state index in [1.807, 2.05) is 44.2 Å². The van der Waals surface area contributed by atoms with Crippen molar-refractivity contribution in [1.29, 1.82) is 0 Å². The Hall–Kier alpha value is -4.45. The number of carbonyl (C=O) groups is 1. The van der Waals surface area contributed by atoms with Gasteiger partial charge in [0, 0.05) is 18.9 Å². The summed E-state index contributed by atoms with van der Waals surface area (Å²) in [7, 11) is 1.73. The summed E-state index contributed by atoms with van der Waals surface area (Å²) in [6.45, 7) is 8.00. The number of rotatable bonds is 6. The van der Waals surface area contributed by atoms with Gasteiger partial charge in [0.05, 0.1) is 29.5 Å². The predicted octanol–water partition coefficient (Wildman–Crippen LogP) is 6.38. The standard InChI is InChI=1S/C30H27F3N6O2S/c1-18-6-5-7-19(2)27(18)39-26(40)16-42-29(39)37-28-34-15-22-14-21(8-13-25(22)36-28)20(3)35-17-38(4)23-9-11-24(12-10-23)41-30(31,32)33/h5-12,14-15,17,25H,3,13,16H2,1-2,4H3. The van der Waals surface area contributed by atoms with Crippen LogP contribution in [0, 0.1) is 13.8 Å². The lowest BCUT2D eigenvalue weighted by Gasteiger charge is -2.22. The van der Waals surface area contributed by atoms with Gasteiger partial charge < -0.3 is 9.64 Å².